The molecule has 0 aromatic heterocycles. The number of benzene rings is 2. The molecular formula is C17H19BrFNO. The summed E-state index contributed by atoms with van der Waals surface area (Å²) in [4.78, 5) is 0. The van der Waals surface area contributed by atoms with Crippen LogP contribution >= 0.6 is 15.9 Å². The number of hydrogen-bond acceptors (Lipinski definition) is 2. The topological polar surface area (TPSA) is 21.3 Å². The van der Waals surface area contributed by atoms with Gasteiger partial charge in [-0.2, -0.15) is 0 Å². The Morgan fingerprint density at radius 3 is 2.48 bits per heavy atom. The van der Waals surface area contributed by atoms with Crippen molar-refractivity contribution in [2.24, 2.45) is 0 Å². The van der Waals surface area contributed by atoms with Gasteiger partial charge in [0.05, 0.1) is 7.11 Å². The molecule has 1 N–H and O–H groups in total. The number of ether oxygens (including phenoxy) is 1. The molecule has 112 valence electrons. The molecule has 2 unspecified atom stereocenters. The SMILES string of the molecule is COc1cc(C(C)NC(C)c2ccccc2Br)ccc1F. The van der Waals surface area contributed by atoms with Gasteiger partial charge in [0.1, 0.15) is 0 Å². The van der Waals surface area contributed by atoms with Crippen molar-refractivity contribution < 1.29 is 9.13 Å². The lowest BCUT2D eigenvalue weighted by Gasteiger charge is -2.22. The predicted molar refractivity (Wildman–Crippen MR) is 87.1 cm³/mol. The van der Waals surface area contributed by atoms with Gasteiger partial charge in [0.25, 0.3) is 0 Å². The van der Waals surface area contributed by atoms with E-state index >= 15 is 0 Å². The zero-order valence-corrected chi connectivity index (χ0v) is 13.9. The maximum Gasteiger partial charge on any atom is 0.165 e. The first kappa shape index (κ1) is 16.0. The van der Waals surface area contributed by atoms with Gasteiger partial charge >= 0.3 is 0 Å². The number of methoxy groups -OCH3 is 1. The largest absolute Gasteiger partial charge is 0.494 e. The van der Waals surface area contributed by atoms with Gasteiger partial charge in [-0.05, 0) is 43.2 Å². The normalized spacial score (nSPS) is 13.8. The molecule has 2 rings (SSSR count). The summed E-state index contributed by atoms with van der Waals surface area (Å²) in [6.07, 6.45) is 0. The van der Waals surface area contributed by atoms with Crippen molar-refractivity contribution >= 4 is 15.9 Å². The van der Waals surface area contributed by atoms with Crippen LogP contribution in [0.1, 0.15) is 37.1 Å². The van der Waals surface area contributed by atoms with Crippen LogP contribution in [0.3, 0.4) is 0 Å². The summed E-state index contributed by atoms with van der Waals surface area (Å²) in [6.45, 7) is 4.16. The highest BCUT2D eigenvalue weighted by Crippen LogP contribution is 2.27. The van der Waals surface area contributed by atoms with E-state index in [0.717, 1.165) is 10.0 Å². The molecule has 0 bridgehead atoms. The first-order chi connectivity index (χ1) is 10.0. The van der Waals surface area contributed by atoms with Gasteiger partial charge in [0, 0.05) is 16.6 Å². The first-order valence-corrected chi connectivity index (χ1v) is 7.66. The Kier molecular flexibility index (Phi) is 5.37. The standard InChI is InChI=1S/C17H19BrFNO/c1-11(13-8-9-16(19)17(10-13)21-3)20-12(2)14-6-4-5-7-15(14)18/h4-12,20H,1-3H3. The maximum atomic E-state index is 13.5. The molecule has 0 spiro atoms. The molecule has 0 radical (unpaired) electrons. The van der Waals surface area contributed by atoms with Crippen molar-refractivity contribution in [1.29, 1.82) is 0 Å². The van der Waals surface area contributed by atoms with Crippen LogP contribution < -0.4 is 10.1 Å². The second-order valence-corrected chi connectivity index (χ2v) is 5.88. The number of nitrogens with one attached hydrogen (secondary N) is 1. The highest BCUT2D eigenvalue weighted by Gasteiger charge is 2.14. The fraction of sp³-hybridized carbons (Fsp3) is 0.294. The highest BCUT2D eigenvalue weighted by atomic mass is 79.9. The van der Waals surface area contributed by atoms with E-state index < -0.39 is 0 Å². The third-order valence-corrected chi connectivity index (χ3v) is 4.27. The average molecular weight is 352 g/mol. The molecular weight excluding hydrogens is 333 g/mol. The van der Waals surface area contributed by atoms with Crippen LogP contribution in [-0.2, 0) is 0 Å². The van der Waals surface area contributed by atoms with E-state index in [1.807, 2.05) is 18.2 Å². The van der Waals surface area contributed by atoms with Gasteiger partial charge in [-0.1, -0.05) is 40.2 Å². The second-order valence-electron chi connectivity index (χ2n) is 5.03. The van der Waals surface area contributed by atoms with Crippen LogP contribution in [-0.4, -0.2) is 7.11 Å². The number of halogens is 2. The minimum Gasteiger partial charge on any atom is -0.494 e. The summed E-state index contributed by atoms with van der Waals surface area (Å²) in [7, 11) is 1.48. The molecule has 2 nitrogen and oxygen atoms in total. The molecule has 2 atom stereocenters. The van der Waals surface area contributed by atoms with Crippen molar-refractivity contribution in [3.8, 4) is 5.75 Å². The average Bonchev–Trinajstić information content (AvgIpc) is 2.48. The van der Waals surface area contributed by atoms with E-state index in [0.29, 0.717) is 0 Å². The molecule has 2 aromatic carbocycles. The van der Waals surface area contributed by atoms with E-state index in [1.165, 1.54) is 18.7 Å². The molecule has 0 heterocycles. The van der Waals surface area contributed by atoms with E-state index in [-0.39, 0.29) is 23.7 Å². The smallest absolute Gasteiger partial charge is 0.165 e. The van der Waals surface area contributed by atoms with Gasteiger partial charge in [-0.15, -0.1) is 0 Å². The minimum absolute atomic E-state index is 0.0848. The summed E-state index contributed by atoms with van der Waals surface area (Å²) >= 11 is 3.57. The Morgan fingerprint density at radius 2 is 1.81 bits per heavy atom. The summed E-state index contributed by atoms with van der Waals surface area (Å²) in [6, 6.07) is 13.3. The lowest BCUT2D eigenvalue weighted by molar-refractivity contribution is 0.384. The number of hydrogen-bond donors (Lipinski definition) is 1. The van der Waals surface area contributed by atoms with Gasteiger partial charge in [0.2, 0.25) is 0 Å². The van der Waals surface area contributed by atoms with Crippen molar-refractivity contribution in [2.75, 3.05) is 7.11 Å². The monoisotopic (exact) mass is 351 g/mol. The van der Waals surface area contributed by atoms with Crippen LogP contribution in [0.2, 0.25) is 0 Å². The lowest BCUT2D eigenvalue weighted by atomic mass is 10.0. The minimum atomic E-state index is -0.340. The van der Waals surface area contributed by atoms with Crippen LogP contribution in [0.5, 0.6) is 5.75 Å². The predicted octanol–water partition coefficient (Wildman–Crippen LogP) is 5.01. The molecule has 4 heteroatoms. The third-order valence-electron chi connectivity index (χ3n) is 3.55. The van der Waals surface area contributed by atoms with Gasteiger partial charge in [-0.25, -0.2) is 4.39 Å². The molecule has 2 aromatic rings. The molecule has 0 aliphatic rings. The Hall–Kier alpha value is -1.39. The molecule has 0 fully saturated rings. The molecule has 0 saturated carbocycles. The van der Waals surface area contributed by atoms with E-state index in [4.69, 9.17) is 4.74 Å². The van der Waals surface area contributed by atoms with E-state index in [9.17, 15) is 4.39 Å². The van der Waals surface area contributed by atoms with Crippen LogP contribution in [0.15, 0.2) is 46.9 Å². The van der Waals surface area contributed by atoms with Crippen molar-refractivity contribution in [3.05, 3.63) is 63.9 Å². The fourth-order valence-electron chi connectivity index (χ4n) is 2.33. The zero-order chi connectivity index (χ0) is 15.4. The fourth-order valence-corrected chi connectivity index (χ4v) is 2.96. The molecule has 0 aliphatic carbocycles. The highest BCUT2D eigenvalue weighted by molar-refractivity contribution is 9.10. The molecule has 0 aliphatic heterocycles. The third kappa shape index (κ3) is 3.83. The van der Waals surface area contributed by atoms with Crippen molar-refractivity contribution in [1.82, 2.24) is 5.32 Å². The van der Waals surface area contributed by atoms with Crippen LogP contribution in [0, 0.1) is 5.82 Å². The summed E-state index contributed by atoms with van der Waals surface area (Å²) < 4.78 is 19.6. The quantitative estimate of drug-likeness (QED) is 0.817. The van der Waals surface area contributed by atoms with Crippen molar-refractivity contribution in [3.63, 3.8) is 0 Å². The lowest BCUT2D eigenvalue weighted by Crippen LogP contribution is -2.22. The van der Waals surface area contributed by atoms with Gasteiger partial charge in [0.15, 0.2) is 11.6 Å². The van der Waals surface area contributed by atoms with Crippen molar-refractivity contribution in [2.45, 2.75) is 25.9 Å². The summed E-state index contributed by atoms with van der Waals surface area (Å²) in [5, 5.41) is 3.52. The van der Waals surface area contributed by atoms with E-state index in [2.05, 4.69) is 41.2 Å². The summed E-state index contributed by atoms with van der Waals surface area (Å²) in [5.74, 6) is -0.0676. The summed E-state index contributed by atoms with van der Waals surface area (Å²) in [5.41, 5.74) is 2.19. The van der Waals surface area contributed by atoms with Crippen LogP contribution in [0.25, 0.3) is 0 Å². The molecule has 21 heavy (non-hydrogen) atoms. The van der Waals surface area contributed by atoms with E-state index in [1.54, 1.807) is 12.1 Å². The van der Waals surface area contributed by atoms with Gasteiger partial charge < -0.3 is 10.1 Å². The molecule has 0 saturated heterocycles. The Balaban J connectivity index is 2.14. The Bertz CT molecular complexity index is 617. The Labute approximate surface area is 133 Å². The van der Waals surface area contributed by atoms with Gasteiger partial charge in [-0.3, -0.25) is 0 Å². The molecule has 0 amide bonds. The number of rotatable bonds is 5. The second kappa shape index (κ2) is 7.05. The zero-order valence-electron chi connectivity index (χ0n) is 12.4. The Morgan fingerprint density at radius 1 is 1.10 bits per heavy atom. The first-order valence-electron chi connectivity index (χ1n) is 6.87. The maximum absolute atomic E-state index is 13.5. The van der Waals surface area contributed by atoms with Crippen LogP contribution in [0.4, 0.5) is 4.39 Å².